The average molecular weight is 293 g/mol. The lowest BCUT2D eigenvalue weighted by Gasteiger charge is -2.43. The number of hydrogen-bond donors (Lipinski definition) is 2. The highest BCUT2D eigenvalue weighted by Crippen LogP contribution is 2.42. The van der Waals surface area contributed by atoms with Crippen molar-refractivity contribution in [2.24, 2.45) is 11.7 Å². The quantitative estimate of drug-likeness (QED) is 0.900. The summed E-state index contributed by atoms with van der Waals surface area (Å²) < 4.78 is 0. The minimum atomic E-state index is -0.172. The summed E-state index contributed by atoms with van der Waals surface area (Å²) in [4.78, 5) is 12.4. The summed E-state index contributed by atoms with van der Waals surface area (Å²) in [5.41, 5.74) is 6.90. The zero-order valence-electron chi connectivity index (χ0n) is 11.6. The third kappa shape index (κ3) is 2.57. The molecule has 2 saturated carbocycles. The molecule has 3 nitrogen and oxygen atoms in total. The number of halogens is 1. The highest BCUT2D eigenvalue weighted by Gasteiger charge is 2.41. The number of hydrogen-bond acceptors (Lipinski definition) is 2. The maximum atomic E-state index is 12.4. The molecule has 0 heterocycles. The molecule has 0 spiro atoms. The van der Waals surface area contributed by atoms with Crippen molar-refractivity contribution in [2.45, 2.75) is 50.1 Å². The van der Waals surface area contributed by atoms with E-state index in [9.17, 15) is 4.79 Å². The SMILES string of the molecule is N[C@@H]1CC[C@H](C(=O)NC2(c3ccc(Cl)cc3)CCC2)C1. The lowest BCUT2D eigenvalue weighted by molar-refractivity contribution is -0.128. The van der Waals surface area contributed by atoms with Gasteiger partial charge in [0.25, 0.3) is 0 Å². The van der Waals surface area contributed by atoms with Crippen molar-refractivity contribution >= 4 is 17.5 Å². The number of benzene rings is 1. The Labute approximate surface area is 124 Å². The Morgan fingerprint density at radius 2 is 1.95 bits per heavy atom. The first-order valence-corrected chi connectivity index (χ1v) is 7.80. The predicted octanol–water partition coefficient (Wildman–Crippen LogP) is 2.96. The van der Waals surface area contributed by atoms with Crippen LogP contribution in [0.4, 0.5) is 0 Å². The predicted molar refractivity (Wildman–Crippen MR) is 80.4 cm³/mol. The summed E-state index contributed by atoms with van der Waals surface area (Å²) in [6.07, 6.45) is 5.89. The van der Waals surface area contributed by atoms with Crippen LogP contribution in [-0.4, -0.2) is 11.9 Å². The maximum Gasteiger partial charge on any atom is 0.223 e. The Kier molecular flexibility index (Phi) is 3.74. The Hall–Kier alpha value is -1.06. The molecule has 1 aromatic carbocycles. The standard InChI is InChI=1S/C16H21ClN2O/c17-13-5-3-12(4-6-13)16(8-1-9-16)19-15(20)11-2-7-14(18)10-11/h3-6,11,14H,1-2,7-10,18H2,(H,19,20)/t11-,14+/m0/s1. The van der Waals surface area contributed by atoms with Crippen molar-refractivity contribution in [3.63, 3.8) is 0 Å². The van der Waals surface area contributed by atoms with Crippen molar-refractivity contribution in [3.8, 4) is 0 Å². The molecule has 0 radical (unpaired) electrons. The fourth-order valence-electron chi connectivity index (χ4n) is 3.38. The first kappa shape index (κ1) is 13.9. The van der Waals surface area contributed by atoms with Gasteiger partial charge in [-0.1, -0.05) is 23.7 Å². The fraction of sp³-hybridized carbons (Fsp3) is 0.562. The molecule has 2 aliphatic rings. The van der Waals surface area contributed by atoms with Crippen molar-refractivity contribution in [2.75, 3.05) is 0 Å². The van der Waals surface area contributed by atoms with E-state index < -0.39 is 0 Å². The van der Waals surface area contributed by atoms with E-state index >= 15 is 0 Å². The molecule has 2 aliphatic carbocycles. The van der Waals surface area contributed by atoms with Crippen LogP contribution < -0.4 is 11.1 Å². The Morgan fingerprint density at radius 1 is 1.25 bits per heavy atom. The molecule has 1 amide bonds. The molecule has 1 aromatic rings. The van der Waals surface area contributed by atoms with Gasteiger partial charge in [0.1, 0.15) is 0 Å². The highest BCUT2D eigenvalue weighted by atomic mass is 35.5. The van der Waals surface area contributed by atoms with Gasteiger partial charge in [0.05, 0.1) is 5.54 Å². The van der Waals surface area contributed by atoms with E-state index in [-0.39, 0.29) is 23.4 Å². The van der Waals surface area contributed by atoms with Gasteiger partial charge in [-0.15, -0.1) is 0 Å². The van der Waals surface area contributed by atoms with Crippen LogP contribution in [0.5, 0.6) is 0 Å². The lowest BCUT2D eigenvalue weighted by atomic mass is 9.71. The molecular weight excluding hydrogens is 272 g/mol. The van der Waals surface area contributed by atoms with Crippen LogP contribution in [0.15, 0.2) is 24.3 Å². The monoisotopic (exact) mass is 292 g/mol. The average Bonchev–Trinajstić information content (AvgIpc) is 2.82. The summed E-state index contributed by atoms with van der Waals surface area (Å²) in [5, 5.41) is 4.02. The molecular formula is C16H21ClN2O. The van der Waals surface area contributed by atoms with Crippen LogP contribution >= 0.6 is 11.6 Å². The van der Waals surface area contributed by atoms with Crippen LogP contribution in [0.2, 0.25) is 5.02 Å². The second-order valence-electron chi connectivity index (χ2n) is 6.20. The maximum absolute atomic E-state index is 12.4. The molecule has 20 heavy (non-hydrogen) atoms. The third-order valence-corrected chi connectivity index (χ3v) is 5.06. The summed E-state index contributed by atoms with van der Waals surface area (Å²) in [7, 11) is 0. The van der Waals surface area contributed by atoms with Gasteiger partial charge in [-0.05, 0) is 56.2 Å². The number of amides is 1. The number of rotatable bonds is 3. The number of nitrogens with two attached hydrogens (primary N) is 1. The van der Waals surface area contributed by atoms with Crippen LogP contribution in [0, 0.1) is 5.92 Å². The molecule has 0 aromatic heterocycles. The van der Waals surface area contributed by atoms with Crippen molar-refractivity contribution in [1.82, 2.24) is 5.32 Å². The zero-order chi connectivity index (χ0) is 14.2. The van der Waals surface area contributed by atoms with Gasteiger partial charge in [-0.25, -0.2) is 0 Å². The lowest BCUT2D eigenvalue weighted by Crippen LogP contribution is -2.52. The first-order valence-electron chi connectivity index (χ1n) is 7.43. The molecule has 108 valence electrons. The Bertz CT molecular complexity index is 496. The van der Waals surface area contributed by atoms with Crippen molar-refractivity contribution < 1.29 is 4.79 Å². The zero-order valence-corrected chi connectivity index (χ0v) is 12.3. The van der Waals surface area contributed by atoms with E-state index in [0.717, 1.165) is 43.5 Å². The minimum absolute atomic E-state index is 0.0924. The molecule has 0 unspecified atom stereocenters. The number of carbonyl (C=O) groups is 1. The van der Waals surface area contributed by atoms with Gasteiger partial charge < -0.3 is 11.1 Å². The highest BCUT2D eigenvalue weighted by molar-refractivity contribution is 6.30. The summed E-state index contributed by atoms with van der Waals surface area (Å²) >= 11 is 5.95. The number of carbonyl (C=O) groups excluding carboxylic acids is 1. The summed E-state index contributed by atoms with van der Waals surface area (Å²) in [6.45, 7) is 0. The van der Waals surface area contributed by atoms with Crippen LogP contribution in [0.1, 0.15) is 44.1 Å². The largest absolute Gasteiger partial charge is 0.346 e. The van der Waals surface area contributed by atoms with Gasteiger partial charge in [0, 0.05) is 17.0 Å². The van der Waals surface area contributed by atoms with Crippen LogP contribution in [0.3, 0.4) is 0 Å². The third-order valence-electron chi connectivity index (χ3n) is 4.81. The molecule has 0 bridgehead atoms. The molecule has 2 fully saturated rings. The van der Waals surface area contributed by atoms with Crippen LogP contribution in [-0.2, 0) is 10.3 Å². The Balaban J connectivity index is 1.73. The second-order valence-corrected chi connectivity index (χ2v) is 6.64. The summed E-state index contributed by atoms with van der Waals surface area (Å²) in [5.74, 6) is 0.266. The van der Waals surface area contributed by atoms with Gasteiger partial charge in [0.15, 0.2) is 0 Å². The van der Waals surface area contributed by atoms with E-state index in [0.29, 0.717) is 0 Å². The van der Waals surface area contributed by atoms with Gasteiger partial charge in [-0.3, -0.25) is 4.79 Å². The first-order chi connectivity index (χ1) is 9.59. The van der Waals surface area contributed by atoms with Gasteiger partial charge >= 0.3 is 0 Å². The van der Waals surface area contributed by atoms with Gasteiger partial charge in [0.2, 0.25) is 5.91 Å². The van der Waals surface area contributed by atoms with E-state index in [2.05, 4.69) is 5.32 Å². The normalized spacial score (nSPS) is 27.9. The smallest absolute Gasteiger partial charge is 0.223 e. The Morgan fingerprint density at radius 3 is 2.45 bits per heavy atom. The van der Waals surface area contributed by atoms with Gasteiger partial charge in [-0.2, -0.15) is 0 Å². The van der Waals surface area contributed by atoms with E-state index in [4.69, 9.17) is 17.3 Å². The topological polar surface area (TPSA) is 55.1 Å². The molecule has 2 atom stereocenters. The number of nitrogens with one attached hydrogen (secondary N) is 1. The molecule has 0 aliphatic heterocycles. The molecule has 4 heteroatoms. The fourth-order valence-corrected chi connectivity index (χ4v) is 3.50. The van der Waals surface area contributed by atoms with Crippen LogP contribution in [0.25, 0.3) is 0 Å². The van der Waals surface area contributed by atoms with E-state index in [1.54, 1.807) is 0 Å². The molecule has 0 saturated heterocycles. The second kappa shape index (κ2) is 5.38. The van der Waals surface area contributed by atoms with Crippen molar-refractivity contribution in [3.05, 3.63) is 34.9 Å². The molecule has 3 rings (SSSR count). The van der Waals surface area contributed by atoms with Crippen molar-refractivity contribution in [1.29, 1.82) is 0 Å². The minimum Gasteiger partial charge on any atom is -0.346 e. The molecule has 3 N–H and O–H groups in total. The van der Waals surface area contributed by atoms with E-state index in [1.165, 1.54) is 5.56 Å². The van der Waals surface area contributed by atoms with E-state index in [1.807, 2.05) is 24.3 Å². The summed E-state index contributed by atoms with van der Waals surface area (Å²) in [6, 6.07) is 8.05.